The van der Waals surface area contributed by atoms with Gasteiger partial charge in [0.05, 0.1) is 23.9 Å². The molecular weight excluding hydrogens is 378 g/mol. The van der Waals surface area contributed by atoms with Gasteiger partial charge in [-0.2, -0.15) is 0 Å². The van der Waals surface area contributed by atoms with E-state index >= 15 is 0 Å². The fraction of sp³-hybridized carbons (Fsp3) is 0.350. The summed E-state index contributed by atoms with van der Waals surface area (Å²) < 4.78 is 35.9. The molecule has 0 spiro atoms. The third kappa shape index (κ3) is 5.39. The minimum atomic E-state index is -3.27. The van der Waals surface area contributed by atoms with Crippen molar-refractivity contribution < 1.29 is 17.9 Å². The van der Waals surface area contributed by atoms with Crippen LogP contribution in [0.4, 0.5) is 5.69 Å². The molecule has 2 aromatic carbocycles. The molecule has 0 unspecified atom stereocenters. The zero-order chi connectivity index (χ0) is 19.8. The van der Waals surface area contributed by atoms with Crippen molar-refractivity contribution in [1.29, 1.82) is 0 Å². The molecule has 0 fully saturated rings. The summed E-state index contributed by atoms with van der Waals surface area (Å²) in [5.41, 5.74) is 0.814. The van der Waals surface area contributed by atoms with Crippen molar-refractivity contribution in [2.45, 2.75) is 17.7 Å². The molecule has 0 bridgehead atoms. The van der Waals surface area contributed by atoms with E-state index in [4.69, 9.17) is 9.47 Å². The zero-order valence-electron chi connectivity index (χ0n) is 15.8. The lowest BCUT2D eigenvalue weighted by atomic mass is 10.3. The van der Waals surface area contributed by atoms with Crippen LogP contribution in [0.2, 0.25) is 0 Å². The molecule has 1 aliphatic rings. The molecule has 7 nitrogen and oxygen atoms in total. The minimum Gasteiger partial charge on any atom is -0.490 e. The predicted octanol–water partition coefficient (Wildman–Crippen LogP) is 2.70. The molecule has 8 heteroatoms. The van der Waals surface area contributed by atoms with Crippen LogP contribution < -0.4 is 20.1 Å². The van der Waals surface area contributed by atoms with E-state index in [2.05, 4.69) is 15.6 Å². The molecule has 0 radical (unpaired) electrons. The molecule has 1 aliphatic heterocycles. The molecule has 0 saturated carbocycles. The maximum absolute atomic E-state index is 12.3. The number of nitrogens with zero attached hydrogens (tertiary/aromatic N) is 1. The summed E-state index contributed by atoms with van der Waals surface area (Å²) in [6.07, 6.45) is 1.33. The standard InChI is InChI=1S/C20H25N3O4S/c1-21-20(22-11-5-14-28(24,25)17-7-3-2-4-8-17)23-16-9-10-18-19(15-16)27-13-6-12-26-18/h2-4,7-10,15H,5-6,11-14H2,1H3,(H2,21,22,23). The summed E-state index contributed by atoms with van der Waals surface area (Å²) in [7, 11) is -1.60. The number of aliphatic imine (C=N–C) groups is 1. The average molecular weight is 404 g/mol. The first kappa shape index (κ1) is 20.0. The van der Waals surface area contributed by atoms with Crippen molar-refractivity contribution in [2.75, 3.05) is 37.9 Å². The topological polar surface area (TPSA) is 89.0 Å². The van der Waals surface area contributed by atoms with Gasteiger partial charge in [-0.3, -0.25) is 4.99 Å². The van der Waals surface area contributed by atoms with Crippen molar-refractivity contribution in [1.82, 2.24) is 5.32 Å². The average Bonchev–Trinajstić information content (AvgIpc) is 2.96. The van der Waals surface area contributed by atoms with Crippen LogP contribution >= 0.6 is 0 Å². The van der Waals surface area contributed by atoms with Crippen molar-refractivity contribution in [3.63, 3.8) is 0 Å². The van der Waals surface area contributed by atoms with E-state index < -0.39 is 9.84 Å². The second-order valence-corrected chi connectivity index (χ2v) is 8.43. The molecule has 28 heavy (non-hydrogen) atoms. The lowest BCUT2D eigenvalue weighted by Crippen LogP contribution is -2.32. The van der Waals surface area contributed by atoms with Crippen LogP contribution in [-0.4, -0.2) is 46.9 Å². The highest BCUT2D eigenvalue weighted by molar-refractivity contribution is 7.91. The lowest BCUT2D eigenvalue weighted by Gasteiger charge is -2.14. The number of anilines is 1. The minimum absolute atomic E-state index is 0.0744. The van der Waals surface area contributed by atoms with E-state index in [0.717, 1.165) is 17.9 Å². The smallest absolute Gasteiger partial charge is 0.195 e. The Labute approximate surface area is 165 Å². The predicted molar refractivity (Wildman–Crippen MR) is 110 cm³/mol. The van der Waals surface area contributed by atoms with Crippen LogP contribution in [-0.2, 0) is 9.84 Å². The molecule has 150 valence electrons. The third-order valence-electron chi connectivity index (χ3n) is 4.22. The Balaban J connectivity index is 1.51. The molecule has 1 heterocycles. The van der Waals surface area contributed by atoms with Gasteiger partial charge in [-0.15, -0.1) is 0 Å². The SMILES string of the molecule is CN=C(NCCCS(=O)(=O)c1ccccc1)Nc1ccc2c(c1)OCCCO2. The normalized spacial score (nSPS) is 14.2. The van der Waals surface area contributed by atoms with Crippen LogP contribution in [0.5, 0.6) is 11.5 Å². The van der Waals surface area contributed by atoms with E-state index in [1.54, 1.807) is 37.4 Å². The van der Waals surface area contributed by atoms with Crippen molar-refractivity contribution >= 4 is 21.5 Å². The fourth-order valence-corrected chi connectivity index (χ4v) is 4.10. The van der Waals surface area contributed by atoms with E-state index in [1.165, 1.54) is 0 Å². The first-order valence-electron chi connectivity index (χ1n) is 9.23. The van der Waals surface area contributed by atoms with Gasteiger partial charge in [0.15, 0.2) is 27.3 Å². The molecule has 3 rings (SSSR count). The largest absolute Gasteiger partial charge is 0.490 e. The number of benzene rings is 2. The maximum Gasteiger partial charge on any atom is 0.195 e. The lowest BCUT2D eigenvalue weighted by molar-refractivity contribution is 0.297. The highest BCUT2D eigenvalue weighted by Crippen LogP contribution is 2.32. The number of ether oxygens (including phenoxy) is 2. The van der Waals surface area contributed by atoms with Crippen LogP contribution in [0.3, 0.4) is 0 Å². The monoisotopic (exact) mass is 403 g/mol. The number of hydrogen-bond acceptors (Lipinski definition) is 5. The number of nitrogens with one attached hydrogen (secondary N) is 2. The molecule has 2 N–H and O–H groups in total. The Kier molecular flexibility index (Phi) is 6.76. The molecule has 0 aliphatic carbocycles. The summed E-state index contributed by atoms with van der Waals surface area (Å²) in [4.78, 5) is 4.53. The van der Waals surface area contributed by atoms with E-state index in [-0.39, 0.29) is 5.75 Å². The van der Waals surface area contributed by atoms with Crippen LogP contribution in [0.1, 0.15) is 12.8 Å². The molecule has 2 aromatic rings. The number of rotatable bonds is 6. The van der Waals surface area contributed by atoms with E-state index in [9.17, 15) is 8.42 Å². The molecule has 0 saturated heterocycles. The van der Waals surface area contributed by atoms with Gasteiger partial charge in [-0.1, -0.05) is 18.2 Å². The Morgan fingerprint density at radius 2 is 1.82 bits per heavy atom. The van der Waals surface area contributed by atoms with Gasteiger partial charge < -0.3 is 20.1 Å². The zero-order valence-corrected chi connectivity index (χ0v) is 16.7. The summed E-state index contributed by atoms with van der Waals surface area (Å²) in [6.45, 7) is 1.75. The van der Waals surface area contributed by atoms with Gasteiger partial charge >= 0.3 is 0 Å². The number of hydrogen-bond donors (Lipinski definition) is 2. The van der Waals surface area contributed by atoms with Crippen molar-refractivity contribution in [3.05, 3.63) is 48.5 Å². The van der Waals surface area contributed by atoms with Crippen molar-refractivity contribution in [3.8, 4) is 11.5 Å². The number of fused-ring (bicyclic) bond motifs is 1. The summed E-state index contributed by atoms with van der Waals surface area (Å²) in [6, 6.07) is 14.1. The number of sulfone groups is 1. The summed E-state index contributed by atoms with van der Waals surface area (Å²) in [5.74, 6) is 2.07. The Hall–Kier alpha value is -2.74. The van der Waals surface area contributed by atoms with Crippen LogP contribution in [0.25, 0.3) is 0 Å². The summed E-state index contributed by atoms with van der Waals surface area (Å²) >= 11 is 0. The van der Waals surface area contributed by atoms with Gasteiger partial charge in [-0.25, -0.2) is 8.42 Å². The molecular formula is C20H25N3O4S. The molecule has 0 amide bonds. The Morgan fingerprint density at radius 3 is 2.57 bits per heavy atom. The molecule has 0 aromatic heterocycles. The second-order valence-electron chi connectivity index (χ2n) is 6.32. The van der Waals surface area contributed by atoms with Gasteiger partial charge in [0.1, 0.15) is 0 Å². The van der Waals surface area contributed by atoms with E-state index in [0.29, 0.717) is 42.8 Å². The van der Waals surface area contributed by atoms with E-state index in [1.807, 2.05) is 18.2 Å². The van der Waals surface area contributed by atoms with Gasteiger partial charge in [0, 0.05) is 31.8 Å². The summed E-state index contributed by atoms with van der Waals surface area (Å²) in [5, 5.41) is 6.32. The number of guanidine groups is 1. The third-order valence-corrected chi connectivity index (χ3v) is 6.04. The first-order chi connectivity index (χ1) is 13.6. The fourth-order valence-electron chi connectivity index (χ4n) is 2.77. The van der Waals surface area contributed by atoms with Crippen molar-refractivity contribution in [2.24, 2.45) is 4.99 Å². The quantitative estimate of drug-likeness (QED) is 0.438. The van der Waals surface area contributed by atoms with Crippen LogP contribution in [0, 0.1) is 0 Å². The Bertz CT molecular complexity index is 914. The van der Waals surface area contributed by atoms with Gasteiger partial charge in [0.2, 0.25) is 0 Å². The van der Waals surface area contributed by atoms with Gasteiger partial charge in [0.25, 0.3) is 0 Å². The Morgan fingerprint density at radius 1 is 1.07 bits per heavy atom. The highest BCUT2D eigenvalue weighted by atomic mass is 32.2. The molecule has 0 atom stereocenters. The maximum atomic E-state index is 12.3. The first-order valence-corrected chi connectivity index (χ1v) is 10.9. The second kappa shape index (κ2) is 9.45. The van der Waals surface area contributed by atoms with Gasteiger partial charge in [-0.05, 0) is 30.7 Å². The highest BCUT2D eigenvalue weighted by Gasteiger charge is 2.14. The van der Waals surface area contributed by atoms with Crippen LogP contribution in [0.15, 0.2) is 58.4 Å².